The van der Waals surface area contributed by atoms with E-state index in [4.69, 9.17) is 23.2 Å². The van der Waals surface area contributed by atoms with E-state index < -0.39 is 0 Å². The second-order valence-corrected chi connectivity index (χ2v) is 7.63. The van der Waals surface area contributed by atoms with E-state index in [0.717, 1.165) is 29.5 Å². The highest BCUT2D eigenvalue weighted by Gasteiger charge is 2.20. The second-order valence-electron chi connectivity index (χ2n) is 5.76. The lowest BCUT2D eigenvalue weighted by molar-refractivity contribution is 0.713. The number of nitrogens with one attached hydrogen (secondary N) is 1. The molecule has 1 N–H and O–H groups in total. The van der Waals surface area contributed by atoms with Crippen molar-refractivity contribution >= 4 is 44.8 Å². The third-order valence-corrected chi connectivity index (χ3v) is 6.29. The fraction of sp³-hybridized carbons (Fsp3) is 0.294. The van der Waals surface area contributed by atoms with Gasteiger partial charge in [0.05, 0.1) is 15.4 Å². The first-order valence-corrected chi connectivity index (χ1v) is 9.21. The van der Waals surface area contributed by atoms with Crippen molar-refractivity contribution in [3.05, 3.63) is 49.0 Å². The Morgan fingerprint density at radius 3 is 2.83 bits per heavy atom. The van der Waals surface area contributed by atoms with Gasteiger partial charge in [0, 0.05) is 10.4 Å². The monoisotopic (exact) mass is 364 g/mol. The van der Waals surface area contributed by atoms with Crippen LogP contribution in [0.3, 0.4) is 0 Å². The Morgan fingerprint density at radius 1 is 1.13 bits per heavy atom. The number of hydrogen-bond acceptors (Lipinski definition) is 3. The molecule has 1 aliphatic rings. The molecule has 0 fully saturated rings. The van der Waals surface area contributed by atoms with Crippen LogP contribution in [0.5, 0.6) is 0 Å². The minimum absolute atomic E-state index is 0.0829. The highest BCUT2D eigenvalue weighted by molar-refractivity contribution is 7.18. The van der Waals surface area contributed by atoms with Gasteiger partial charge in [-0.2, -0.15) is 0 Å². The van der Waals surface area contributed by atoms with Crippen molar-refractivity contribution in [1.82, 2.24) is 9.97 Å². The average molecular weight is 365 g/mol. The number of nitrogens with zero attached hydrogens (tertiary/aromatic N) is 1. The van der Waals surface area contributed by atoms with Crippen molar-refractivity contribution in [1.29, 1.82) is 0 Å². The van der Waals surface area contributed by atoms with Gasteiger partial charge >= 0.3 is 0 Å². The molecule has 0 aliphatic heterocycles. The minimum Gasteiger partial charge on any atom is -0.306 e. The van der Waals surface area contributed by atoms with Gasteiger partial charge in [0.25, 0.3) is 5.56 Å². The predicted octanol–water partition coefficient (Wildman–Crippen LogP) is 5.23. The van der Waals surface area contributed by atoms with E-state index in [1.165, 1.54) is 23.3 Å². The summed E-state index contributed by atoms with van der Waals surface area (Å²) >= 11 is 14.0. The molecule has 1 aliphatic carbocycles. The van der Waals surface area contributed by atoms with Crippen molar-refractivity contribution in [2.24, 2.45) is 0 Å². The molecule has 0 spiro atoms. The van der Waals surface area contributed by atoms with E-state index in [0.29, 0.717) is 21.4 Å². The minimum atomic E-state index is -0.0829. The highest BCUT2D eigenvalue weighted by Crippen LogP contribution is 2.35. The van der Waals surface area contributed by atoms with Crippen LogP contribution in [0, 0.1) is 0 Å². The summed E-state index contributed by atoms with van der Waals surface area (Å²) in [4.78, 5) is 22.3. The normalized spacial score (nSPS) is 14.7. The van der Waals surface area contributed by atoms with Crippen molar-refractivity contribution in [2.45, 2.75) is 32.1 Å². The molecule has 3 aromatic rings. The summed E-state index contributed by atoms with van der Waals surface area (Å²) in [5.41, 5.74) is 1.77. The first kappa shape index (κ1) is 15.2. The van der Waals surface area contributed by atoms with E-state index in [2.05, 4.69) is 9.97 Å². The molecule has 0 radical (unpaired) electrons. The topological polar surface area (TPSA) is 45.8 Å². The molecule has 2 heterocycles. The van der Waals surface area contributed by atoms with Crippen molar-refractivity contribution in [3.8, 4) is 11.4 Å². The third kappa shape index (κ3) is 2.59. The number of benzene rings is 1. The molecule has 0 saturated carbocycles. The molecule has 3 nitrogen and oxygen atoms in total. The Labute approximate surface area is 147 Å². The molecule has 4 rings (SSSR count). The third-order valence-electron chi connectivity index (χ3n) is 4.28. The van der Waals surface area contributed by atoms with Crippen molar-refractivity contribution in [3.63, 3.8) is 0 Å². The Balaban J connectivity index is 1.95. The average Bonchev–Trinajstić information content (AvgIpc) is 2.72. The fourth-order valence-corrected chi connectivity index (χ4v) is 4.81. The van der Waals surface area contributed by atoms with Crippen LogP contribution in [0.1, 0.15) is 29.7 Å². The molecule has 0 atom stereocenters. The zero-order valence-electron chi connectivity index (χ0n) is 12.3. The molecule has 0 bridgehead atoms. The maximum Gasteiger partial charge on any atom is 0.260 e. The molecule has 0 unspecified atom stereocenters. The van der Waals surface area contributed by atoms with Crippen LogP contribution >= 0.6 is 34.5 Å². The molecule has 2 aromatic heterocycles. The predicted molar refractivity (Wildman–Crippen MR) is 97.0 cm³/mol. The lowest BCUT2D eigenvalue weighted by atomic mass is 10.1. The Bertz CT molecular complexity index is 961. The Kier molecular flexibility index (Phi) is 3.92. The van der Waals surface area contributed by atoms with Gasteiger partial charge in [-0.25, -0.2) is 4.98 Å². The lowest BCUT2D eigenvalue weighted by Gasteiger charge is -2.05. The Morgan fingerprint density at radius 2 is 1.96 bits per heavy atom. The van der Waals surface area contributed by atoms with Crippen LogP contribution in [-0.2, 0) is 12.8 Å². The van der Waals surface area contributed by atoms with Gasteiger partial charge in [-0.05, 0) is 43.4 Å². The number of aromatic amines is 1. The first-order chi connectivity index (χ1) is 11.1. The largest absolute Gasteiger partial charge is 0.306 e. The van der Waals surface area contributed by atoms with Crippen LogP contribution in [0.25, 0.3) is 21.6 Å². The number of H-pyrrole nitrogens is 1. The number of rotatable bonds is 1. The molecular formula is C17H14Cl2N2OS. The maximum absolute atomic E-state index is 12.6. The van der Waals surface area contributed by atoms with Crippen LogP contribution in [0.4, 0.5) is 0 Å². The van der Waals surface area contributed by atoms with Crippen LogP contribution in [0.2, 0.25) is 10.0 Å². The second kappa shape index (κ2) is 5.93. The van der Waals surface area contributed by atoms with Crippen LogP contribution < -0.4 is 5.56 Å². The summed E-state index contributed by atoms with van der Waals surface area (Å²) in [5.74, 6) is 0.478. The molecule has 0 saturated heterocycles. The number of thiophene rings is 1. The fourth-order valence-electron chi connectivity index (χ4n) is 3.15. The maximum atomic E-state index is 12.6. The SMILES string of the molecule is O=c1[nH]c(-c2cccc(Cl)c2Cl)nc2sc3c(c12)CCCCC3. The number of hydrogen-bond donors (Lipinski definition) is 1. The van der Waals surface area contributed by atoms with E-state index in [-0.39, 0.29) is 5.56 Å². The van der Waals surface area contributed by atoms with Crippen molar-refractivity contribution in [2.75, 3.05) is 0 Å². The van der Waals surface area contributed by atoms with Crippen LogP contribution in [0.15, 0.2) is 23.0 Å². The number of aromatic nitrogens is 2. The van der Waals surface area contributed by atoms with Crippen molar-refractivity contribution < 1.29 is 0 Å². The zero-order valence-corrected chi connectivity index (χ0v) is 14.6. The molecule has 0 amide bonds. The smallest absolute Gasteiger partial charge is 0.260 e. The van der Waals surface area contributed by atoms with Gasteiger partial charge < -0.3 is 4.98 Å². The number of fused-ring (bicyclic) bond motifs is 3. The molecule has 118 valence electrons. The van der Waals surface area contributed by atoms with Gasteiger partial charge in [-0.3, -0.25) is 4.79 Å². The van der Waals surface area contributed by atoms with Gasteiger partial charge in [-0.15, -0.1) is 11.3 Å². The summed E-state index contributed by atoms with van der Waals surface area (Å²) in [6, 6.07) is 5.34. The van der Waals surface area contributed by atoms with E-state index >= 15 is 0 Å². The molecule has 1 aromatic carbocycles. The van der Waals surface area contributed by atoms with Gasteiger partial charge in [0.2, 0.25) is 0 Å². The standard InChI is InChI=1S/C17H14Cl2N2OS/c18-11-7-4-6-10(14(11)19)15-20-16(22)13-9-5-2-1-3-8-12(9)23-17(13)21-15/h4,6-7H,1-3,5,8H2,(H,20,21,22). The molecule has 6 heteroatoms. The van der Waals surface area contributed by atoms with E-state index in [9.17, 15) is 4.79 Å². The lowest BCUT2D eigenvalue weighted by Crippen LogP contribution is -2.10. The molecular weight excluding hydrogens is 351 g/mol. The van der Waals surface area contributed by atoms with E-state index in [1.54, 1.807) is 23.5 Å². The summed E-state index contributed by atoms with van der Waals surface area (Å²) in [6.07, 6.45) is 5.57. The zero-order chi connectivity index (χ0) is 16.0. The van der Waals surface area contributed by atoms with E-state index in [1.807, 2.05) is 6.07 Å². The van der Waals surface area contributed by atoms with Crippen LogP contribution in [-0.4, -0.2) is 9.97 Å². The Hall–Kier alpha value is -1.36. The van der Waals surface area contributed by atoms with Gasteiger partial charge in [0.15, 0.2) is 0 Å². The highest BCUT2D eigenvalue weighted by atomic mass is 35.5. The quantitative estimate of drug-likeness (QED) is 0.601. The number of halogens is 2. The number of aryl methyl sites for hydroxylation is 2. The molecule has 23 heavy (non-hydrogen) atoms. The summed E-state index contributed by atoms with van der Waals surface area (Å²) in [5, 5.41) is 1.62. The first-order valence-electron chi connectivity index (χ1n) is 7.64. The summed E-state index contributed by atoms with van der Waals surface area (Å²) in [7, 11) is 0. The summed E-state index contributed by atoms with van der Waals surface area (Å²) < 4.78 is 0. The van der Waals surface area contributed by atoms with Gasteiger partial charge in [-0.1, -0.05) is 35.7 Å². The summed E-state index contributed by atoms with van der Waals surface area (Å²) in [6.45, 7) is 0. The van der Waals surface area contributed by atoms with Gasteiger partial charge in [0.1, 0.15) is 10.7 Å².